The molecule has 0 spiro atoms. The van der Waals surface area contributed by atoms with Gasteiger partial charge in [-0.15, -0.1) is 0 Å². The van der Waals surface area contributed by atoms with Crippen molar-refractivity contribution in [3.8, 4) is 0 Å². The molecule has 0 fully saturated rings. The molecule has 8 heteroatoms. The maximum absolute atomic E-state index is 12.6. The van der Waals surface area contributed by atoms with E-state index < -0.39 is 28.0 Å². The van der Waals surface area contributed by atoms with Gasteiger partial charge in [-0.05, 0) is 17.7 Å². The summed E-state index contributed by atoms with van der Waals surface area (Å²) in [7, 11) is -2.64. The van der Waals surface area contributed by atoms with Crippen molar-refractivity contribution in [3.63, 3.8) is 0 Å². The van der Waals surface area contributed by atoms with Crippen LogP contribution in [0.25, 0.3) is 0 Å². The predicted molar refractivity (Wildman–Crippen MR) is 98.1 cm³/mol. The van der Waals surface area contributed by atoms with Crippen LogP contribution in [0.3, 0.4) is 0 Å². The van der Waals surface area contributed by atoms with Gasteiger partial charge in [-0.3, -0.25) is 0 Å². The van der Waals surface area contributed by atoms with E-state index in [4.69, 9.17) is 4.74 Å². The third-order valence-corrected chi connectivity index (χ3v) is 4.99. The minimum absolute atomic E-state index is 0.0999. The maximum atomic E-state index is 12.6. The van der Waals surface area contributed by atoms with Crippen LogP contribution < -0.4 is 4.72 Å². The lowest BCUT2D eigenvalue weighted by Gasteiger charge is -2.19. The molecule has 2 aromatic carbocycles. The van der Waals surface area contributed by atoms with Crippen molar-refractivity contribution in [2.75, 3.05) is 13.7 Å². The molecule has 2 rings (SSSR count). The summed E-state index contributed by atoms with van der Waals surface area (Å²) in [6, 6.07) is 15.8. The fourth-order valence-corrected chi connectivity index (χ4v) is 3.39. The van der Waals surface area contributed by atoms with Crippen LogP contribution in [0.1, 0.15) is 11.6 Å². The Morgan fingerprint density at radius 2 is 1.52 bits per heavy atom. The van der Waals surface area contributed by atoms with Crippen molar-refractivity contribution in [1.29, 1.82) is 0 Å². The molecule has 0 aliphatic rings. The summed E-state index contributed by atoms with van der Waals surface area (Å²) in [6.07, 6.45) is 1.84. The lowest BCUT2D eigenvalue weighted by atomic mass is 10.1. The van der Waals surface area contributed by atoms with Gasteiger partial charge in [0.1, 0.15) is 6.61 Å². The number of benzene rings is 2. The molecule has 142 valence electrons. The molecule has 1 atom stereocenters. The number of nitrogens with one attached hydrogen (secondary N) is 1. The molecule has 1 N–H and O–H groups in total. The SMILES string of the molecule is COC(=O)/C=C/C(=O)OCC(NS(=O)(=O)c1ccccc1)c1ccccc1. The predicted octanol–water partition coefficient (Wildman–Crippen LogP) is 1.98. The number of sulfonamides is 1. The molecule has 0 aromatic heterocycles. The monoisotopic (exact) mass is 389 g/mol. The Morgan fingerprint density at radius 1 is 0.963 bits per heavy atom. The van der Waals surface area contributed by atoms with Gasteiger partial charge < -0.3 is 9.47 Å². The molecular weight excluding hydrogens is 370 g/mol. The van der Waals surface area contributed by atoms with E-state index in [1.807, 2.05) is 0 Å². The van der Waals surface area contributed by atoms with E-state index in [1.165, 1.54) is 19.2 Å². The Kier molecular flexibility index (Phi) is 7.27. The average molecular weight is 389 g/mol. The molecule has 1 unspecified atom stereocenters. The molecule has 27 heavy (non-hydrogen) atoms. The van der Waals surface area contributed by atoms with Crippen LogP contribution in [0.2, 0.25) is 0 Å². The summed E-state index contributed by atoms with van der Waals surface area (Å²) in [5.74, 6) is -1.49. The summed E-state index contributed by atoms with van der Waals surface area (Å²) in [5.41, 5.74) is 0.627. The van der Waals surface area contributed by atoms with E-state index in [0.29, 0.717) is 5.56 Å². The zero-order valence-electron chi connectivity index (χ0n) is 14.6. The van der Waals surface area contributed by atoms with Crippen molar-refractivity contribution >= 4 is 22.0 Å². The van der Waals surface area contributed by atoms with Gasteiger partial charge in [0.15, 0.2) is 0 Å². The van der Waals surface area contributed by atoms with Crippen LogP contribution in [-0.4, -0.2) is 34.1 Å². The van der Waals surface area contributed by atoms with Crippen LogP contribution in [-0.2, 0) is 29.1 Å². The Morgan fingerprint density at radius 3 is 2.11 bits per heavy atom. The summed E-state index contributed by atoms with van der Waals surface area (Å²) in [5, 5.41) is 0. The van der Waals surface area contributed by atoms with Crippen LogP contribution in [0.15, 0.2) is 77.7 Å². The topological polar surface area (TPSA) is 98.8 Å². The van der Waals surface area contributed by atoms with Crippen molar-refractivity contribution < 1.29 is 27.5 Å². The summed E-state index contributed by atoms with van der Waals surface area (Å²) < 4.78 is 37.2. The first-order chi connectivity index (χ1) is 12.9. The molecule has 7 nitrogen and oxygen atoms in total. The third kappa shape index (κ3) is 6.36. The van der Waals surface area contributed by atoms with Gasteiger partial charge >= 0.3 is 11.9 Å². The molecule has 0 aliphatic carbocycles. The van der Waals surface area contributed by atoms with Crippen LogP contribution in [0.4, 0.5) is 0 Å². The van der Waals surface area contributed by atoms with Crippen LogP contribution in [0.5, 0.6) is 0 Å². The maximum Gasteiger partial charge on any atom is 0.331 e. The van der Waals surface area contributed by atoms with E-state index in [9.17, 15) is 18.0 Å². The van der Waals surface area contributed by atoms with Crippen molar-refractivity contribution in [1.82, 2.24) is 4.72 Å². The summed E-state index contributed by atoms with van der Waals surface area (Å²) in [4.78, 5) is 22.9. The van der Waals surface area contributed by atoms with Crippen molar-refractivity contribution in [2.24, 2.45) is 0 Å². The first kappa shape index (κ1) is 20.3. The molecule has 0 heterocycles. The van der Waals surface area contributed by atoms with Gasteiger partial charge in [0.25, 0.3) is 0 Å². The highest BCUT2D eigenvalue weighted by Gasteiger charge is 2.22. The van der Waals surface area contributed by atoms with Gasteiger partial charge in [-0.1, -0.05) is 48.5 Å². The van der Waals surface area contributed by atoms with Gasteiger partial charge in [-0.2, -0.15) is 0 Å². The highest BCUT2D eigenvalue weighted by Crippen LogP contribution is 2.18. The standard InChI is InChI=1S/C19H19NO6S/c1-25-18(21)12-13-19(22)26-14-17(15-8-4-2-5-9-15)20-27(23,24)16-10-6-3-7-11-16/h2-13,17,20H,14H2,1H3/b13-12+. The molecular formula is C19H19NO6S. The zero-order valence-corrected chi connectivity index (χ0v) is 15.4. The highest BCUT2D eigenvalue weighted by atomic mass is 32.2. The van der Waals surface area contributed by atoms with Gasteiger partial charge in [0, 0.05) is 12.2 Å². The Hall–Kier alpha value is -2.97. The molecule has 0 amide bonds. The summed E-state index contributed by atoms with van der Waals surface area (Å²) >= 11 is 0. The largest absolute Gasteiger partial charge is 0.466 e. The Labute approximate surface area is 157 Å². The molecule has 0 radical (unpaired) electrons. The highest BCUT2D eigenvalue weighted by molar-refractivity contribution is 7.89. The lowest BCUT2D eigenvalue weighted by molar-refractivity contribution is -0.139. The van der Waals surface area contributed by atoms with Crippen LogP contribution in [0, 0.1) is 0 Å². The molecule has 0 aliphatic heterocycles. The number of esters is 2. The Balaban J connectivity index is 2.14. The number of hydrogen-bond donors (Lipinski definition) is 1. The van der Waals surface area contributed by atoms with Gasteiger partial charge in [0.2, 0.25) is 10.0 Å². The number of ether oxygens (including phenoxy) is 2. The first-order valence-corrected chi connectivity index (χ1v) is 9.46. The van der Waals surface area contributed by atoms with E-state index in [2.05, 4.69) is 9.46 Å². The van der Waals surface area contributed by atoms with Crippen molar-refractivity contribution in [3.05, 3.63) is 78.4 Å². The second-order valence-corrected chi connectivity index (χ2v) is 7.10. The van der Waals surface area contributed by atoms with E-state index in [-0.39, 0.29) is 11.5 Å². The minimum Gasteiger partial charge on any atom is -0.466 e. The fourth-order valence-electron chi connectivity index (χ4n) is 2.16. The smallest absolute Gasteiger partial charge is 0.331 e. The molecule has 2 aromatic rings. The number of hydrogen-bond acceptors (Lipinski definition) is 6. The number of methoxy groups -OCH3 is 1. The average Bonchev–Trinajstić information content (AvgIpc) is 2.70. The van der Waals surface area contributed by atoms with Crippen LogP contribution >= 0.6 is 0 Å². The molecule has 0 saturated carbocycles. The first-order valence-electron chi connectivity index (χ1n) is 7.97. The third-order valence-electron chi connectivity index (χ3n) is 3.50. The van der Waals surface area contributed by atoms with E-state index >= 15 is 0 Å². The fraction of sp³-hybridized carbons (Fsp3) is 0.158. The van der Waals surface area contributed by atoms with Gasteiger partial charge in [0.05, 0.1) is 18.0 Å². The minimum atomic E-state index is -3.82. The Bertz CT molecular complexity index is 894. The number of carbonyl (C=O) groups excluding carboxylic acids is 2. The number of rotatable bonds is 8. The molecule has 0 saturated heterocycles. The van der Waals surface area contributed by atoms with Crippen molar-refractivity contribution in [2.45, 2.75) is 10.9 Å². The second-order valence-electron chi connectivity index (χ2n) is 5.38. The van der Waals surface area contributed by atoms with Gasteiger partial charge in [-0.25, -0.2) is 22.7 Å². The lowest BCUT2D eigenvalue weighted by Crippen LogP contribution is -2.32. The quantitative estimate of drug-likeness (QED) is 0.548. The van der Waals surface area contributed by atoms with E-state index in [0.717, 1.165) is 12.2 Å². The zero-order chi connectivity index (χ0) is 19.7. The second kappa shape index (κ2) is 9.65. The normalized spacial score (nSPS) is 12.5. The molecule has 0 bridgehead atoms. The number of carbonyl (C=O) groups is 2. The van der Waals surface area contributed by atoms with E-state index in [1.54, 1.807) is 48.5 Å². The summed E-state index contributed by atoms with van der Waals surface area (Å²) in [6.45, 7) is -0.250.